The lowest BCUT2D eigenvalue weighted by atomic mass is 10.1. The highest BCUT2D eigenvalue weighted by atomic mass is 79.9. The molecular formula is C25H20BrClN2O3. The van der Waals surface area contributed by atoms with E-state index in [-0.39, 0.29) is 24.8 Å². The van der Waals surface area contributed by atoms with E-state index in [1.54, 1.807) is 54.6 Å². The van der Waals surface area contributed by atoms with Crippen molar-refractivity contribution < 1.29 is 14.4 Å². The summed E-state index contributed by atoms with van der Waals surface area (Å²) in [7, 11) is 0. The highest BCUT2D eigenvalue weighted by Crippen LogP contribution is 2.30. The first-order chi connectivity index (χ1) is 15.3. The molecule has 1 unspecified atom stereocenters. The summed E-state index contributed by atoms with van der Waals surface area (Å²) < 4.78 is 0.840. The number of halogens is 2. The van der Waals surface area contributed by atoms with Crippen LogP contribution >= 0.6 is 27.5 Å². The summed E-state index contributed by atoms with van der Waals surface area (Å²) in [4.78, 5) is 42.4. The molecule has 1 saturated heterocycles. The van der Waals surface area contributed by atoms with Gasteiger partial charge in [-0.3, -0.25) is 14.4 Å². The molecule has 3 amide bonds. The quantitative estimate of drug-likeness (QED) is 0.432. The maximum atomic E-state index is 13.5. The summed E-state index contributed by atoms with van der Waals surface area (Å²) >= 11 is 9.71. The Morgan fingerprint density at radius 2 is 1.78 bits per heavy atom. The average molecular weight is 512 g/mol. The van der Waals surface area contributed by atoms with Crippen molar-refractivity contribution in [3.05, 3.63) is 99.0 Å². The van der Waals surface area contributed by atoms with E-state index in [1.165, 1.54) is 4.90 Å². The van der Waals surface area contributed by atoms with Gasteiger partial charge in [0, 0.05) is 21.6 Å². The molecule has 0 N–H and O–H groups in total. The molecule has 0 spiro atoms. The largest absolute Gasteiger partial charge is 0.322 e. The Kier molecular flexibility index (Phi) is 6.44. The molecule has 0 radical (unpaired) electrons. The Bertz CT molecular complexity index is 1200. The number of benzene rings is 3. The number of nitrogens with zero attached hydrogens (tertiary/aromatic N) is 2. The number of rotatable bonds is 5. The number of amides is 3. The molecule has 0 aliphatic carbocycles. The maximum absolute atomic E-state index is 13.5. The van der Waals surface area contributed by atoms with Crippen molar-refractivity contribution in [2.45, 2.75) is 25.9 Å². The SMILES string of the molecule is Cc1cccc(C(=O)N(Cc2ccccc2Cl)C2CC(=O)N(c3ccc(Br)cc3)C2=O)c1. The van der Waals surface area contributed by atoms with Gasteiger partial charge < -0.3 is 4.90 Å². The number of carbonyl (C=O) groups is 3. The van der Waals surface area contributed by atoms with Crippen molar-refractivity contribution in [3.8, 4) is 0 Å². The second kappa shape index (κ2) is 9.27. The lowest BCUT2D eigenvalue weighted by molar-refractivity contribution is -0.122. The Morgan fingerprint density at radius 1 is 1.06 bits per heavy atom. The molecule has 5 nitrogen and oxygen atoms in total. The summed E-state index contributed by atoms with van der Waals surface area (Å²) in [5.41, 5.74) is 2.57. The molecule has 4 rings (SSSR count). The van der Waals surface area contributed by atoms with Crippen molar-refractivity contribution in [2.24, 2.45) is 0 Å². The predicted molar refractivity (Wildman–Crippen MR) is 128 cm³/mol. The first-order valence-electron chi connectivity index (χ1n) is 10.1. The van der Waals surface area contributed by atoms with Crippen molar-refractivity contribution in [1.29, 1.82) is 0 Å². The van der Waals surface area contributed by atoms with Crippen molar-refractivity contribution in [3.63, 3.8) is 0 Å². The van der Waals surface area contributed by atoms with Gasteiger partial charge in [-0.25, -0.2) is 4.90 Å². The number of hydrogen-bond donors (Lipinski definition) is 0. The fraction of sp³-hybridized carbons (Fsp3) is 0.160. The van der Waals surface area contributed by atoms with Gasteiger partial charge in [-0.15, -0.1) is 0 Å². The van der Waals surface area contributed by atoms with Crippen LogP contribution in [0.1, 0.15) is 27.9 Å². The first kappa shape index (κ1) is 22.2. The van der Waals surface area contributed by atoms with Crippen LogP contribution in [0.2, 0.25) is 5.02 Å². The molecule has 162 valence electrons. The van der Waals surface area contributed by atoms with Crippen LogP contribution in [0.25, 0.3) is 0 Å². The molecule has 0 aromatic heterocycles. The third-order valence-corrected chi connectivity index (χ3v) is 6.31. The highest BCUT2D eigenvalue weighted by molar-refractivity contribution is 9.10. The predicted octanol–water partition coefficient (Wildman–Crippen LogP) is 5.39. The van der Waals surface area contributed by atoms with Gasteiger partial charge in [-0.05, 0) is 55.0 Å². The van der Waals surface area contributed by atoms with Crippen LogP contribution in [-0.2, 0) is 16.1 Å². The topological polar surface area (TPSA) is 57.7 Å². The summed E-state index contributed by atoms with van der Waals surface area (Å²) in [6, 6.07) is 20.4. The van der Waals surface area contributed by atoms with Gasteiger partial charge >= 0.3 is 0 Å². The van der Waals surface area contributed by atoms with Crippen LogP contribution < -0.4 is 4.90 Å². The molecule has 1 aliphatic heterocycles. The van der Waals surface area contributed by atoms with Gasteiger partial charge in [0.2, 0.25) is 5.91 Å². The Balaban J connectivity index is 1.71. The van der Waals surface area contributed by atoms with Crippen LogP contribution in [-0.4, -0.2) is 28.7 Å². The minimum Gasteiger partial charge on any atom is -0.322 e. The van der Waals surface area contributed by atoms with E-state index in [4.69, 9.17) is 11.6 Å². The van der Waals surface area contributed by atoms with Crippen molar-refractivity contribution in [1.82, 2.24) is 4.90 Å². The van der Waals surface area contributed by atoms with Crippen LogP contribution in [0.4, 0.5) is 5.69 Å². The lowest BCUT2D eigenvalue weighted by Gasteiger charge is -2.28. The minimum atomic E-state index is -0.921. The Morgan fingerprint density at radius 3 is 2.47 bits per heavy atom. The monoisotopic (exact) mass is 510 g/mol. The van der Waals surface area contributed by atoms with Gasteiger partial charge in [-0.1, -0.05) is 63.4 Å². The summed E-state index contributed by atoms with van der Waals surface area (Å²) in [5.74, 6) is -1.09. The molecule has 1 aliphatic rings. The zero-order valence-electron chi connectivity index (χ0n) is 17.3. The first-order valence-corrected chi connectivity index (χ1v) is 11.3. The molecule has 3 aromatic rings. The minimum absolute atomic E-state index is 0.0864. The van der Waals surface area contributed by atoms with Gasteiger partial charge in [0.1, 0.15) is 6.04 Å². The molecule has 1 fully saturated rings. The zero-order chi connectivity index (χ0) is 22.8. The number of anilines is 1. The summed E-state index contributed by atoms with van der Waals surface area (Å²) in [6.07, 6.45) is -0.0864. The molecule has 1 heterocycles. The normalized spacial score (nSPS) is 15.8. The molecule has 1 atom stereocenters. The van der Waals surface area contributed by atoms with Gasteiger partial charge in [0.25, 0.3) is 11.8 Å². The standard InChI is InChI=1S/C25H20BrClN2O3/c1-16-5-4-7-17(13-16)24(31)28(15-18-6-2-3-8-21(18)27)22-14-23(30)29(25(22)32)20-11-9-19(26)10-12-20/h2-13,22H,14-15H2,1H3. The van der Waals surface area contributed by atoms with Crippen molar-refractivity contribution >= 4 is 50.9 Å². The number of aryl methyl sites for hydroxylation is 1. The van der Waals surface area contributed by atoms with Crippen LogP contribution in [0.15, 0.2) is 77.3 Å². The number of carbonyl (C=O) groups excluding carboxylic acids is 3. The van der Waals surface area contributed by atoms with Crippen LogP contribution in [0, 0.1) is 6.92 Å². The van der Waals surface area contributed by atoms with E-state index >= 15 is 0 Å². The highest BCUT2D eigenvalue weighted by Gasteiger charge is 2.44. The second-order valence-corrected chi connectivity index (χ2v) is 8.98. The van der Waals surface area contributed by atoms with E-state index in [9.17, 15) is 14.4 Å². The van der Waals surface area contributed by atoms with E-state index in [0.29, 0.717) is 21.8 Å². The zero-order valence-corrected chi connectivity index (χ0v) is 19.6. The van der Waals surface area contributed by atoms with Crippen LogP contribution in [0.5, 0.6) is 0 Å². The fourth-order valence-corrected chi connectivity index (χ4v) is 4.26. The van der Waals surface area contributed by atoms with Gasteiger partial charge in [-0.2, -0.15) is 0 Å². The van der Waals surface area contributed by atoms with Gasteiger partial charge in [0.05, 0.1) is 12.1 Å². The third-order valence-electron chi connectivity index (χ3n) is 5.41. The van der Waals surface area contributed by atoms with Gasteiger partial charge in [0.15, 0.2) is 0 Å². The third kappa shape index (κ3) is 4.47. The lowest BCUT2D eigenvalue weighted by Crippen LogP contribution is -2.45. The molecule has 0 bridgehead atoms. The fourth-order valence-electron chi connectivity index (χ4n) is 3.80. The summed E-state index contributed by atoms with van der Waals surface area (Å²) in [6.45, 7) is 2.01. The maximum Gasteiger partial charge on any atom is 0.257 e. The van der Waals surface area contributed by atoms with Crippen LogP contribution in [0.3, 0.4) is 0 Å². The second-order valence-electron chi connectivity index (χ2n) is 7.66. The number of imide groups is 1. The summed E-state index contributed by atoms with van der Waals surface area (Å²) in [5, 5.41) is 0.496. The smallest absolute Gasteiger partial charge is 0.257 e. The molecular weight excluding hydrogens is 492 g/mol. The Hall–Kier alpha value is -2.96. The Labute approximate surface area is 199 Å². The van der Waals surface area contributed by atoms with E-state index in [1.807, 2.05) is 25.1 Å². The molecule has 32 heavy (non-hydrogen) atoms. The molecule has 3 aromatic carbocycles. The van der Waals surface area contributed by atoms with E-state index < -0.39 is 11.9 Å². The number of hydrogen-bond acceptors (Lipinski definition) is 3. The van der Waals surface area contributed by atoms with Crippen molar-refractivity contribution in [2.75, 3.05) is 4.90 Å². The molecule has 0 saturated carbocycles. The average Bonchev–Trinajstić information content (AvgIpc) is 3.07. The molecule has 7 heteroatoms. The van der Waals surface area contributed by atoms with E-state index in [0.717, 1.165) is 14.9 Å². The van der Waals surface area contributed by atoms with E-state index in [2.05, 4.69) is 15.9 Å².